The number of halogens is 1. The van der Waals surface area contributed by atoms with Crippen molar-refractivity contribution in [3.63, 3.8) is 0 Å². The third kappa shape index (κ3) is 5.50. The number of nitrogens with zero attached hydrogens (tertiary/aromatic N) is 3. The van der Waals surface area contributed by atoms with E-state index in [2.05, 4.69) is 5.16 Å². The second kappa shape index (κ2) is 10.7. The number of piperazine rings is 1. The second-order valence-electron chi connectivity index (χ2n) is 6.84. The van der Waals surface area contributed by atoms with Gasteiger partial charge in [0.2, 0.25) is 10.0 Å². The van der Waals surface area contributed by atoms with Crippen molar-refractivity contribution in [2.75, 3.05) is 47.0 Å². The number of benzene rings is 2. The number of sulfonamides is 1. The molecule has 1 fully saturated rings. The highest BCUT2D eigenvalue weighted by atomic mass is 35.5. The molecule has 0 saturated carbocycles. The Bertz CT molecular complexity index is 1070. The van der Waals surface area contributed by atoms with E-state index in [1.165, 1.54) is 24.7 Å². The van der Waals surface area contributed by atoms with Gasteiger partial charge in [-0.3, -0.25) is 4.79 Å². The first kappa shape index (κ1) is 23.8. The zero-order valence-corrected chi connectivity index (χ0v) is 19.3. The van der Waals surface area contributed by atoms with E-state index in [4.69, 9.17) is 25.9 Å². The molecule has 0 N–H and O–H groups in total. The van der Waals surface area contributed by atoms with E-state index in [1.807, 2.05) is 0 Å². The molecule has 1 amide bonds. The van der Waals surface area contributed by atoms with Crippen molar-refractivity contribution >= 4 is 33.7 Å². The number of rotatable bonds is 8. The zero-order chi connectivity index (χ0) is 23.1. The number of carbonyl (C=O) groups excluding carboxylic acids is 1. The van der Waals surface area contributed by atoms with Gasteiger partial charge in [0.15, 0.2) is 18.1 Å². The number of carbonyl (C=O) groups is 1. The fourth-order valence-corrected chi connectivity index (χ4v) is 4.95. The lowest BCUT2D eigenvalue weighted by Crippen LogP contribution is -2.51. The lowest BCUT2D eigenvalue weighted by Gasteiger charge is -2.33. The molecule has 0 spiro atoms. The minimum Gasteiger partial charge on any atom is -0.493 e. The second-order valence-corrected chi connectivity index (χ2v) is 9.19. The lowest BCUT2D eigenvalue weighted by molar-refractivity contribution is -0.137. The zero-order valence-electron chi connectivity index (χ0n) is 17.7. The molecular weight excluding hydrogens is 458 g/mol. The average molecular weight is 482 g/mol. The highest BCUT2D eigenvalue weighted by Gasteiger charge is 2.30. The van der Waals surface area contributed by atoms with E-state index in [0.717, 1.165) is 0 Å². The summed E-state index contributed by atoms with van der Waals surface area (Å²) in [5.74, 6) is 0.584. The molecular formula is C21H24ClN3O6S. The summed E-state index contributed by atoms with van der Waals surface area (Å²) < 4.78 is 37.1. The van der Waals surface area contributed by atoms with Gasteiger partial charge in [0, 0.05) is 31.7 Å². The van der Waals surface area contributed by atoms with Crippen LogP contribution >= 0.6 is 11.6 Å². The molecule has 1 heterocycles. The molecule has 1 saturated heterocycles. The summed E-state index contributed by atoms with van der Waals surface area (Å²) in [5.41, 5.74) is 0.611. The predicted octanol–water partition coefficient (Wildman–Crippen LogP) is 2.24. The summed E-state index contributed by atoms with van der Waals surface area (Å²) in [5, 5.41) is 4.16. The van der Waals surface area contributed by atoms with Gasteiger partial charge in [0.1, 0.15) is 0 Å². The van der Waals surface area contributed by atoms with Crippen LogP contribution in [0.3, 0.4) is 0 Å². The summed E-state index contributed by atoms with van der Waals surface area (Å²) in [4.78, 5) is 19.3. The van der Waals surface area contributed by atoms with E-state index >= 15 is 0 Å². The fraction of sp³-hybridized carbons (Fsp3) is 0.333. The van der Waals surface area contributed by atoms with Crippen LogP contribution in [-0.4, -0.2) is 76.8 Å². The van der Waals surface area contributed by atoms with E-state index in [1.54, 1.807) is 47.4 Å². The number of ether oxygens (including phenoxy) is 2. The first-order chi connectivity index (χ1) is 15.4. The molecule has 172 valence electrons. The van der Waals surface area contributed by atoms with Gasteiger partial charge in [-0.05, 0) is 24.3 Å². The maximum Gasteiger partial charge on any atom is 0.263 e. The van der Waals surface area contributed by atoms with Crippen LogP contribution < -0.4 is 9.47 Å². The number of oxime groups is 1. The molecule has 1 aliphatic heterocycles. The predicted molar refractivity (Wildman–Crippen MR) is 120 cm³/mol. The lowest BCUT2D eigenvalue weighted by atomic mass is 10.2. The monoisotopic (exact) mass is 481 g/mol. The van der Waals surface area contributed by atoms with Crippen LogP contribution in [0.5, 0.6) is 11.5 Å². The van der Waals surface area contributed by atoms with Crippen molar-refractivity contribution < 1.29 is 27.5 Å². The van der Waals surface area contributed by atoms with Gasteiger partial charge in [0.05, 0.1) is 30.4 Å². The van der Waals surface area contributed by atoms with Gasteiger partial charge in [-0.2, -0.15) is 4.31 Å². The van der Waals surface area contributed by atoms with Crippen molar-refractivity contribution in [1.82, 2.24) is 9.21 Å². The molecule has 32 heavy (non-hydrogen) atoms. The first-order valence-corrected chi connectivity index (χ1v) is 11.6. The maximum absolute atomic E-state index is 12.7. The third-order valence-corrected chi connectivity index (χ3v) is 7.09. The van der Waals surface area contributed by atoms with Crippen LogP contribution in [0.25, 0.3) is 0 Å². The minimum absolute atomic E-state index is 0.219. The van der Waals surface area contributed by atoms with Gasteiger partial charge < -0.3 is 19.2 Å². The quantitative estimate of drug-likeness (QED) is 0.423. The molecule has 2 aromatic carbocycles. The fourth-order valence-electron chi connectivity index (χ4n) is 3.21. The third-order valence-electron chi connectivity index (χ3n) is 4.89. The normalized spacial score (nSPS) is 15.0. The van der Waals surface area contributed by atoms with Gasteiger partial charge in [-0.25, -0.2) is 8.42 Å². The summed E-state index contributed by atoms with van der Waals surface area (Å²) in [7, 11) is -0.582. The molecule has 0 bridgehead atoms. The molecule has 3 rings (SSSR count). The molecule has 0 aliphatic carbocycles. The smallest absolute Gasteiger partial charge is 0.263 e. The molecule has 1 aliphatic rings. The molecule has 0 atom stereocenters. The molecule has 0 radical (unpaired) electrons. The van der Waals surface area contributed by atoms with Crippen molar-refractivity contribution in [2.45, 2.75) is 4.90 Å². The van der Waals surface area contributed by atoms with Crippen LogP contribution in [-0.2, 0) is 19.7 Å². The Morgan fingerprint density at radius 2 is 1.78 bits per heavy atom. The van der Waals surface area contributed by atoms with E-state index in [9.17, 15) is 13.2 Å². The van der Waals surface area contributed by atoms with Gasteiger partial charge in [-0.1, -0.05) is 35.0 Å². The highest BCUT2D eigenvalue weighted by molar-refractivity contribution is 7.89. The SMILES string of the molecule is COc1cc(/C=N/OCC(=O)N2CCN(S(=O)(=O)c3ccccc3)CC2)cc(Cl)c1OC. The number of hydrogen-bond donors (Lipinski definition) is 0. The van der Waals surface area contributed by atoms with Crippen molar-refractivity contribution in [3.8, 4) is 11.5 Å². The minimum atomic E-state index is -3.57. The number of methoxy groups -OCH3 is 2. The topological polar surface area (TPSA) is 97.7 Å². The number of amides is 1. The standard InChI is InChI=1S/C21H24ClN3O6S/c1-29-19-13-16(12-18(22)21(19)30-2)14-23-31-15-20(26)24-8-10-25(11-9-24)32(27,28)17-6-4-3-5-7-17/h3-7,12-14H,8-11,15H2,1-2H3/b23-14+. The van der Waals surface area contributed by atoms with Gasteiger partial charge >= 0.3 is 0 Å². The largest absolute Gasteiger partial charge is 0.493 e. The summed E-state index contributed by atoms with van der Waals surface area (Å²) >= 11 is 6.15. The maximum atomic E-state index is 12.7. The van der Waals surface area contributed by atoms with Gasteiger partial charge in [-0.15, -0.1) is 0 Å². The van der Waals surface area contributed by atoms with Crippen molar-refractivity contribution in [2.24, 2.45) is 5.16 Å². The summed E-state index contributed by atoms with van der Waals surface area (Å²) in [6, 6.07) is 11.5. The Hall–Kier alpha value is -2.82. The molecule has 0 unspecified atom stereocenters. The summed E-state index contributed by atoms with van der Waals surface area (Å²) in [6.45, 7) is 0.738. The molecule has 11 heteroatoms. The van der Waals surface area contributed by atoms with E-state index in [-0.39, 0.29) is 43.6 Å². The Labute approximate surface area is 192 Å². The molecule has 2 aromatic rings. The van der Waals surface area contributed by atoms with Crippen LogP contribution in [0.2, 0.25) is 5.02 Å². The number of hydrogen-bond acceptors (Lipinski definition) is 7. The molecule has 9 nitrogen and oxygen atoms in total. The van der Waals surface area contributed by atoms with Crippen LogP contribution in [0.15, 0.2) is 52.5 Å². The average Bonchev–Trinajstić information content (AvgIpc) is 2.82. The molecule has 0 aromatic heterocycles. The Balaban J connectivity index is 1.50. The van der Waals surface area contributed by atoms with Crippen LogP contribution in [0.4, 0.5) is 0 Å². The Morgan fingerprint density at radius 1 is 1.09 bits per heavy atom. The highest BCUT2D eigenvalue weighted by Crippen LogP contribution is 2.35. The Kier molecular flexibility index (Phi) is 7.94. The van der Waals surface area contributed by atoms with Crippen LogP contribution in [0.1, 0.15) is 5.56 Å². The summed E-state index contributed by atoms with van der Waals surface area (Å²) in [6.07, 6.45) is 1.41. The van der Waals surface area contributed by atoms with Crippen LogP contribution in [0, 0.1) is 0 Å². The van der Waals surface area contributed by atoms with E-state index in [0.29, 0.717) is 22.1 Å². The van der Waals surface area contributed by atoms with Crippen molar-refractivity contribution in [1.29, 1.82) is 0 Å². The van der Waals surface area contributed by atoms with Gasteiger partial charge in [0.25, 0.3) is 5.91 Å². The van der Waals surface area contributed by atoms with E-state index < -0.39 is 10.0 Å². The van der Waals surface area contributed by atoms with Crippen molar-refractivity contribution in [3.05, 3.63) is 53.1 Å². The Morgan fingerprint density at radius 3 is 2.41 bits per heavy atom. The first-order valence-electron chi connectivity index (χ1n) is 9.76.